The van der Waals surface area contributed by atoms with E-state index < -0.39 is 37.6 Å². The average molecular weight is 560 g/mol. The van der Waals surface area contributed by atoms with Crippen molar-refractivity contribution < 1.29 is 17.2 Å². The highest BCUT2D eigenvalue weighted by molar-refractivity contribution is 7.90. The number of rotatable bonds is 6. The first kappa shape index (κ1) is 26.2. The molecule has 3 heterocycles. The molecule has 12 heteroatoms. The first-order valence-electron chi connectivity index (χ1n) is 11.9. The molecular formula is C26H24ClF2N5O3S. The molecule has 5 rings (SSSR count). The lowest BCUT2D eigenvalue weighted by Gasteiger charge is -2.18. The van der Waals surface area contributed by atoms with E-state index in [9.17, 15) is 13.2 Å². The van der Waals surface area contributed by atoms with Crippen LogP contribution in [0.25, 0.3) is 16.9 Å². The van der Waals surface area contributed by atoms with E-state index in [2.05, 4.69) is 15.2 Å². The standard InChI is InChI=1S/C26H24ClF2N5O3S/c1-5-33-31-12-19(32-33)17-10-16(17)18-9-14(3)34(26(35)21(18)27)25-13(2)11-30-24(23(25)29)15-7-6-8-20(22(15)28)38(4,36)37/h6-9,11-12,16-17H,5,10H2,1-4H3/t16-,17?/m1/s1. The summed E-state index contributed by atoms with van der Waals surface area (Å²) >= 11 is 6.56. The van der Waals surface area contributed by atoms with Crippen LogP contribution in [-0.2, 0) is 16.4 Å². The van der Waals surface area contributed by atoms with Gasteiger partial charge in [-0.2, -0.15) is 15.0 Å². The fraction of sp³-hybridized carbons (Fsp3) is 0.308. The van der Waals surface area contributed by atoms with E-state index in [0.29, 0.717) is 23.4 Å². The molecule has 0 aliphatic heterocycles. The van der Waals surface area contributed by atoms with Gasteiger partial charge >= 0.3 is 0 Å². The molecule has 3 aromatic heterocycles. The normalized spacial score (nSPS) is 17.1. The predicted octanol–water partition coefficient (Wildman–Crippen LogP) is 4.73. The first-order valence-corrected chi connectivity index (χ1v) is 14.2. The second-order valence-electron chi connectivity index (χ2n) is 9.44. The maximum atomic E-state index is 16.0. The number of pyridine rings is 2. The molecular weight excluding hydrogens is 536 g/mol. The van der Waals surface area contributed by atoms with E-state index in [1.165, 1.54) is 18.3 Å². The van der Waals surface area contributed by atoms with Gasteiger partial charge in [0.25, 0.3) is 5.56 Å². The van der Waals surface area contributed by atoms with Gasteiger partial charge in [0.2, 0.25) is 0 Å². The van der Waals surface area contributed by atoms with Crippen molar-refractivity contribution in [3.05, 3.63) is 86.2 Å². The molecule has 8 nitrogen and oxygen atoms in total. The molecule has 1 aliphatic rings. The van der Waals surface area contributed by atoms with Gasteiger partial charge in [0, 0.05) is 29.6 Å². The third-order valence-electron chi connectivity index (χ3n) is 6.79. The Morgan fingerprint density at radius 1 is 1.13 bits per heavy atom. The molecule has 198 valence electrons. The summed E-state index contributed by atoms with van der Waals surface area (Å²) in [5.74, 6) is -2.02. The fourth-order valence-electron chi connectivity index (χ4n) is 4.79. The SMILES string of the molecule is CCn1ncc(C2C[C@H]2c2cc(C)n(-c3c(C)cnc(-c4cccc(S(C)(=O)=O)c4F)c3F)c(=O)c2Cl)n1. The minimum Gasteiger partial charge on any atom is -0.277 e. The molecule has 1 fully saturated rings. The molecule has 38 heavy (non-hydrogen) atoms. The Kier molecular flexibility index (Phi) is 6.47. The van der Waals surface area contributed by atoms with Crippen LogP contribution in [0.5, 0.6) is 0 Å². The first-order chi connectivity index (χ1) is 17.9. The average Bonchev–Trinajstić information content (AvgIpc) is 3.50. The van der Waals surface area contributed by atoms with Gasteiger partial charge in [0.1, 0.15) is 15.6 Å². The highest BCUT2D eigenvalue weighted by Gasteiger charge is 2.43. The number of aryl methyl sites for hydroxylation is 3. The van der Waals surface area contributed by atoms with Gasteiger partial charge in [-0.3, -0.25) is 14.3 Å². The van der Waals surface area contributed by atoms with Crippen molar-refractivity contribution in [3.63, 3.8) is 0 Å². The van der Waals surface area contributed by atoms with Gasteiger partial charge in [0.05, 0.1) is 24.1 Å². The van der Waals surface area contributed by atoms with Gasteiger partial charge < -0.3 is 0 Å². The van der Waals surface area contributed by atoms with E-state index in [0.717, 1.165) is 29.0 Å². The topological polar surface area (TPSA) is 99.7 Å². The summed E-state index contributed by atoms with van der Waals surface area (Å²) in [5.41, 5.74) is 0.737. The Hall–Kier alpha value is -3.44. The Balaban J connectivity index is 1.61. The number of sulfone groups is 1. The third kappa shape index (κ3) is 4.33. The zero-order valence-corrected chi connectivity index (χ0v) is 22.6. The summed E-state index contributed by atoms with van der Waals surface area (Å²) in [4.78, 5) is 18.6. The second-order valence-corrected chi connectivity index (χ2v) is 11.8. The van der Waals surface area contributed by atoms with Crippen molar-refractivity contribution >= 4 is 21.4 Å². The Morgan fingerprint density at radius 3 is 2.53 bits per heavy atom. The molecule has 1 aliphatic carbocycles. The van der Waals surface area contributed by atoms with E-state index in [4.69, 9.17) is 11.6 Å². The maximum absolute atomic E-state index is 16.0. The van der Waals surface area contributed by atoms with Crippen molar-refractivity contribution in [1.29, 1.82) is 0 Å². The molecule has 2 atom stereocenters. The van der Waals surface area contributed by atoms with Crippen molar-refractivity contribution in [2.75, 3.05) is 6.26 Å². The molecule has 0 saturated heterocycles. The smallest absolute Gasteiger partial charge is 0.274 e. The van der Waals surface area contributed by atoms with E-state index in [-0.39, 0.29) is 28.1 Å². The Morgan fingerprint density at radius 2 is 1.87 bits per heavy atom. The minimum absolute atomic E-state index is 0.0164. The summed E-state index contributed by atoms with van der Waals surface area (Å²) < 4.78 is 56.3. The molecule has 1 saturated carbocycles. The molecule has 0 amide bonds. The van der Waals surface area contributed by atoms with Crippen LogP contribution in [0.4, 0.5) is 8.78 Å². The lowest BCUT2D eigenvalue weighted by Crippen LogP contribution is -2.24. The van der Waals surface area contributed by atoms with Crippen LogP contribution >= 0.6 is 11.6 Å². The van der Waals surface area contributed by atoms with Crippen LogP contribution in [-0.4, -0.2) is 39.2 Å². The monoisotopic (exact) mass is 559 g/mol. The molecule has 0 bridgehead atoms. The quantitative estimate of drug-likeness (QED) is 0.338. The highest BCUT2D eigenvalue weighted by atomic mass is 35.5. The number of hydrogen-bond donors (Lipinski definition) is 0. The molecule has 0 radical (unpaired) electrons. The van der Waals surface area contributed by atoms with Crippen LogP contribution in [0.15, 0.2) is 46.3 Å². The number of nitrogens with zero attached hydrogens (tertiary/aromatic N) is 5. The van der Waals surface area contributed by atoms with Gasteiger partial charge in [-0.15, -0.1) is 0 Å². The van der Waals surface area contributed by atoms with Gasteiger partial charge in [0.15, 0.2) is 21.5 Å². The summed E-state index contributed by atoms with van der Waals surface area (Å²) in [7, 11) is -3.91. The largest absolute Gasteiger partial charge is 0.277 e. The molecule has 0 N–H and O–H groups in total. The Bertz CT molecular complexity index is 1770. The summed E-state index contributed by atoms with van der Waals surface area (Å²) in [6.07, 6.45) is 4.64. The molecule has 1 unspecified atom stereocenters. The lowest BCUT2D eigenvalue weighted by molar-refractivity contribution is 0.563. The Labute approximate surface area is 222 Å². The maximum Gasteiger partial charge on any atom is 0.274 e. The third-order valence-corrected chi connectivity index (χ3v) is 8.28. The van der Waals surface area contributed by atoms with Gasteiger partial charge in [-0.05, 0) is 62.4 Å². The second kappa shape index (κ2) is 9.39. The predicted molar refractivity (Wildman–Crippen MR) is 139 cm³/mol. The zero-order chi connectivity index (χ0) is 27.5. The van der Waals surface area contributed by atoms with Crippen LogP contribution in [0, 0.1) is 25.5 Å². The molecule has 1 aromatic carbocycles. The molecule has 0 spiro atoms. The number of benzene rings is 1. The number of aromatic nitrogens is 5. The van der Waals surface area contributed by atoms with Gasteiger partial charge in [-0.25, -0.2) is 17.2 Å². The summed E-state index contributed by atoms with van der Waals surface area (Å²) in [6, 6.07) is 5.40. The van der Waals surface area contributed by atoms with Crippen LogP contribution < -0.4 is 5.56 Å². The lowest BCUT2D eigenvalue weighted by atomic mass is 10.1. The van der Waals surface area contributed by atoms with Crippen molar-refractivity contribution in [2.45, 2.75) is 50.5 Å². The number of hydrogen-bond acceptors (Lipinski definition) is 6. The van der Waals surface area contributed by atoms with E-state index in [1.54, 1.807) is 30.9 Å². The summed E-state index contributed by atoms with van der Waals surface area (Å²) in [5, 5.41) is 8.63. The van der Waals surface area contributed by atoms with Crippen molar-refractivity contribution in [1.82, 2.24) is 24.5 Å². The van der Waals surface area contributed by atoms with Crippen molar-refractivity contribution in [3.8, 4) is 16.9 Å². The summed E-state index contributed by atoms with van der Waals surface area (Å²) in [6.45, 7) is 5.82. The molecule has 4 aromatic rings. The van der Waals surface area contributed by atoms with Gasteiger partial charge in [-0.1, -0.05) is 17.7 Å². The fourth-order valence-corrected chi connectivity index (χ4v) is 5.83. The van der Waals surface area contributed by atoms with Crippen LogP contribution in [0.1, 0.15) is 47.7 Å². The van der Waals surface area contributed by atoms with Crippen LogP contribution in [0.3, 0.4) is 0 Å². The highest BCUT2D eigenvalue weighted by Crippen LogP contribution is 2.55. The zero-order valence-electron chi connectivity index (χ0n) is 21.0. The van der Waals surface area contributed by atoms with E-state index >= 15 is 8.78 Å². The number of halogens is 3. The minimum atomic E-state index is -3.91. The van der Waals surface area contributed by atoms with E-state index in [1.807, 2.05) is 6.92 Å². The van der Waals surface area contributed by atoms with Crippen LogP contribution in [0.2, 0.25) is 5.02 Å². The van der Waals surface area contributed by atoms with Crippen molar-refractivity contribution in [2.24, 2.45) is 0 Å².